The quantitative estimate of drug-likeness (QED) is 0.175. The molecule has 0 radical (unpaired) electrons. The number of hydrogen-bond donors (Lipinski definition) is 1. The van der Waals surface area contributed by atoms with E-state index in [-0.39, 0.29) is 48.5 Å². The first-order valence-corrected chi connectivity index (χ1v) is 21.2. The van der Waals surface area contributed by atoms with E-state index in [9.17, 15) is 5.11 Å². The molecule has 314 valence electrons. The van der Waals surface area contributed by atoms with Crippen molar-refractivity contribution in [3.05, 3.63) is 156 Å². The average Bonchev–Trinajstić information content (AvgIpc) is 3.59. The van der Waals surface area contributed by atoms with Crippen LogP contribution in [0.25, 0.3) is 72.4 Å². The Balaban J connectivity index is 0.00000561. The minimum absolute atomic E-state index is 0. The summed E-state index contributed by atoms with van der Waals surface area (Å²) in [6.45, 7) is 26.8. The number of phenolic OH excluding ortho intramolecular Hbond substituents is 1. The van der Waals surface area contributed by atoms with E-state index in [4.69, 9.17) is 9.97 Å². The van der Waals surface area contributed by atoms with Crippen LogP contribution in [0.3, 0.4) is 0 Å². The Kier molecular flexibility index (Phi) is 11.4. The van der Waals surface area contributed by atoms with Crippen molar-refractivity contribution in [2.24, 2.45) is 0 Å². The number of benzene rings is 6. The van der Waals surface area contributed by atoms with Crippen LogP contribution in [-0.4, -0.2) is 19.6 Å². The summed E-state index contributed by atoms with van der Waals surface area (Å²) in [6, 6.07) is 46.9. The summed E-state index contributed by atoms with van der Waals surface area (Å²) < 4.78 is 2.25. The summed E-state index contributed by atoms with van der Waals surface area (Å²) in [4.78, 5) is 10.6. The molecule has 6 aromatic carbocycles. The zero-order chi connectivity index (χ0) is 42.9. The van der Waals surface area contributed by atoms with E-state index in [2.05, 4.69) is 209 Å². The summed E-state index contributed by atoms with van der Waals surface area (Å²) >= 11 is 0. The molecular formula is C56H58N3OPt-. The number of nitrogens with zero attached hydrogens (tertiary/aromatic N) is 3. The molecule has 0 unspecified atom stereocenters. The third kappa shape index (κ3) is 8.37. The molecule has 2 aromatic heterocycles. The molecule has 4 nitrogen and oxygen atoms in total. The second-order valence-electron chi connectivity index (χ2n) is 20.5. The van der Waals surface area contributed by atoms with Crippen LogP contribution in [0.15, 0.2) is 128 Å². The van der Waals surface area contributed by atoms with Crippen molar-refractivity contribution in [3.8, 4) is 56.2 Å². The Bertz CT molecular complexity index is 2890. The first-order valence-electron chi connectivity index (χ1n) is 21.2. The number of phenols is 1. The van der Waals surface area contributed by atoms with Crippen LogP contribution in [0.2, 0.25) is 0 Å². The van der Waals surface area contributed by atoms with Gasteiger partial charge in [-0.3, -0.25) is 9.97 Å². The minimum atomic E-state index is -0.302. The molecular weight excluding hydrogens is 926 g/mol. The van der Waals surface area contributed by atoms with Gasteiger partial charge in [-0.1, -0.05) is 161 Å². The van der Waals surface area contributed by atoms with E-state index in [0.717, 1.165) is 72.6 Å². The van der Waals surface area contributed by atoms with Gasteiger partial charge in [-0.15, -0.1) is 29.8 Å². The van der Waals surface area contributed by atoms with E-state index in [1.807, 2.05) is 12.3 Å². The maximum absolute atomic E-state index is 12.2. The van der Waals surface area contributed by atoms with Crippen molar-refractivity contribution >= 4 is 21.9 Å². The van der Waals surface area contributed by atoms with Gasteiger partial charge >= 0.3 is 0 Å². The van der Waals surface area contributed by atoms with Gasteiger partial charge in [-0.25, -0.2) is 0 Å². The van der Waals surface area contributed by atoms with Gasteiger partial charge < -0.3 is 9.67 Å². The third-order valence-electron chi connectivity index (χ3n) is 11.8. The van der Waals surface area contributed by atoms with Crippen molar-refractivity contribution in [1.29, 1.82) is 0 Å². The second kappa shape index (κ2) is 15.9. The second-order valence-corrected chi connectivity index (χ2v) is 20.5. The third-order valence-corrected chi connectivity index (χ3v) is 11.8. The summed E-state index contributed by atoms with van der Waals surface area (Å²) in [5, 5.41) is 13.4. The fraction of sp³-hybridized carbons (Fsp3) is 0.286. The van der Waals surface area contributed by atoms with Crippen molar-refractivity contribution in [1.82, 2.24) is 14.5 Å². The number of rotatable bonds is 5. The Morgan fingerprint density at radius 3 is 1.79 bits per heavy atom. The fourth-order valence-corrected chi connectivity index (χ4v) is 8.38. The Labute approximate surface area is 377 Å². The average molecular weight is 984 g/mol. The number of para-hydroxylation sites is 1. The van der Waals surface area contributed by atoms with Crippen molar-refractivity contribution in [3.63, 3.8) is 0 Å². The number of imidazole rings is 1. The molecule has 5 heteroatoms. The van der Waals surface area contributed by atoms with Gasteiger partial charge in [0, 0.05) is 55.2 Å². The van der Waals surface area contributed by atoms with E-state index in [1.165, 1.54) is 22.1 Å². The van der Waals surface area contributed by atoms with Gasteiger partial charge in [-0.2, -0.15) is 0 Å². The smallest absolute Gasteiger partial charge is 0.127 e. The Morgan fingerprint density at radius 1 is 0.508 bits per heavy atom. The molecule has 0 saturated heterocycles. The zero-order valence-corrected chi connectivity index (χ0v) is 40.0. The minimum Gasteiger partial charge on any atom is -0.507 e. The predicted octanol–water partition coefficient (Wildman–Crippen LogP) is 14.9. The number of hydrogen-bond acceptors (Lipinski definition) is 3. The summed E-state index contributed by atoms with van der Waals surface area (Å²) in [7, 11) is 0. The van der Waals surface area contributed by atoms with Gasteiger partial charge in [0.2, 0.25) is 0 Å². The Hall–Kier alpha value is -5.31. The molecule has 0 aliphatic carbocycles. The van der Waals surface area contributed by atoms with Crippen molar-refractivity contribution in [2.45, 2.75) is 105 Å². The molecule has 0 spiro atoms. The summed E-state index contributed by atoms with van der Waals surface area (Å²) in [5.41, 5.74) is 14.7. The van der Waals surface area contributed by atoms with Gasteiger partial charge in [0.05, 0.1) is 16.9 Å². The number of fused-ring (bicyclic) bond motifs is 2. The molecule has 0 saturated carbocycles. The molecule has 0 aliphatic rings. The van der Waals surface area contributed by atoms with E-state index in [1.54, 1.807) is 0 Å². The van der Waals surface area contributed by atoms with E-state index >= 15 is 0 Å². The molecule has 0 aliphatic heterocycles. The van der Waals surface area contributed by atoms with Gasteiger partial charge in [0.25, 0.3) is 0 Å². The van der Waals surface area contributed by atoms with Crippen LogP contribution in [0.1, 0.15) is 105 Å². The van der Waals surface area contributed by atoms with Crippen LogP contribution in [0.5, 0.6) is 5.75 Å². The standard InChI is InChI=1S/C56H58N3O.Pt/c1-53(2,3)39-24-26-41(27-25-39)59-48-23-17-22-42(44-31-38(35-18-14-13-15-19-35)32-47(51(44)60)56(10,11)12)50(48)58-52(59)37-21-16-20-36(30-37)43-33-40(54(4,5)6)34-45-46(55(7,8)9)28-29-57-49(43)45;/h13-29,31-34,60H,1-12H3;/q-1;. The number of aromatic nitrogens is 3. The summed E-state index contributed by atoms with van der Waals surface area (Å²) in [6.07, 6.45) is 1.95. The molecule has 8 rings (SSSR count). The van der Waals surface area contributed by atoms with Crippen LogP contribution >= 0.6 is 0 Å². The van der Waals surface area contributed by atoms with Gasteiger partial charge in [0.1, 0.15) is 5.75 Å². The first kappa shape index (κ1) is 43.8. The number of aromatic hydroxyl groups is 1. The molecule has 0 fully saturated rings. The van der Waals surface area contributed by atoms with Crippen LogP contribution in [-0.2, 0) is 42.7 Å². The molecule has 2 heterocycles. The Morgan fingerprint density at radius 2 is 1.15 bits per heavy atom. The summed E-state index contributed by atoms with van der Waals surface area (Å²) in [5.74, 6) is 1.05. The fourth-order valence-electron chi connectivity index (χ4n) is 8.38. The number of pyridine rings is 1. The van der Waals surface area contributed by atoms with Crippen molar-refractivity contribution < 1.29 is 26.2 Å². The molecule has 61 heavy (non-hydrogen) atoms. The van der Waals surface area contributed by atoms with Crippen LogP contribution in [0, 0.1) is 6.07 Å². The normalized spacial score (nSPS) is 12.5. The maximum Gasteiger partial charge on any atom is 0.127 e. The SMILES string of the molecule is CC(C)(C)c1ccc(-n2c(-c3[c-]c(-c4cc(C(C)(C)C)cc5c(C(C)(C)C)ccnc45)ccc3)nc3c(-c4cc(-c5ccccc5)cc(C(C)(C)C)c4O)cccc32)cc1.[Pt]. The monoisotopic (exact) mass is 983 g/mol. The predicted molar refractivity (Wildman–Crippen MR) is 253 cm³/mol. The molecule has 0 atom stereocenters. The zero-order valence-electron chi connectivity index (χ0n) is 37.7. The topological polar surface area (TPSA) is 50.9 Å². The molecule has 0 bridgehead atoms. The molecule has 8 aromatic rings. The van der Waals surface area contributed by atoms with Gasteiger partial charge in [-0.05, 0) is 91.3 Å². The van der Waals surface area contributed by atoms with Crippen molar-refractivity contribution in [2.75, 3.05) is 0 Å². The molecule has 0 amide bonds. The van der Waals surface area contributed by atoms with Crippen LogP contribution in [0.4, 0.5) is 0 Å². The first-order chi connectivity index (χ1) is 28.2. The largest absolute Gasteiger partial charge is 0.507 e. The molecule has 1 N–H and O–H groups in total. The van der Waals surface area contributed by atoms with E-state index < -0.39 is 0 Å². The maximum atomic E-state index is 12.2. The van der Waals surface area contributed by atoms with Gasteiger partial charge in [0.15, 0.2) is 0 Å². The van der Waals surface area contributed by atoms with Crippen LogP contribution < -0.4 is 0 Å². The van der Waals surface area contributed by atoms with E-state index in [0.29, 0.717) is 0 Å².